The van der Waals surface area contributed by atoms with Crippen LogP contribution in [-0.4, -0.2) is 10.2 Å². The molecule has 1 aromatic heterocycles. The van der Waals surface area contributed by atoms with E-state index in [0.717, 1.165) is 12.3 Å². The number of nitrogen functional groups attached to an aromatic ring is 1. The van der Waals surface area contributed by atoms with Gasteiger partial charge in [-0.15, -0.1) is 0 Å². The molecule has 0 amide bonds. The number of H-pyrrole nitrogens is 1. The Hall–Kier alpha value is -0.990. The van der Waals surface area contributed by atoms with E-state index in [9.17, 15) is 0 Å². The number of hydrogen-bond acceptors (Lipinski definition) is 2. The molecule has 0 spiro atoms. The smallest absolute Gasteiger partial charge is 0.148 e. The zero-order valence-corrected chi connectivity index (χ0v) is 12.2. The molecule has 1 aliphatic carbocycles. The van der Waals surface area contributed by atoms with Crippen molar-refractivity contribution in [2.75, 3.05) is 5.73 Å². The predicted octanol–water partition coefficient (Wildman–Crippen LogP) is 3.87. The van der Waals surface area contributed by atoms with E-state index >= 15 is 0 Å². The summed E-state index contributed by atoms with van der Waals surface area (Å²) in [6.45, 7) is 9.25. The average molecular weight is 249 g/mol. The molecule has 18 heavy (non-hydrogen) atoms. The van der Waals surface area contributed by atoms with Crippen molar-refractivity contribution in [1.82, 2.24) is 10.2 Å². The normalized spacial score (nSPS) is 25.3. The number of anilines is 1. The van der Waals surface area contributed by atoms with Gasteiger partial charge in [-0.25, -0.2) is 0 Å². The second-order valence-corrected chi connectivity index (χ2v) is 6.77. The first kappa shape index (κ1) is 13.4. The van der Waals surface area contributed by atoms with E-state index in [0.29, 0.717) is 17.2 Å². The average Bonchev–Trinajstić information content (AvgIpc) is 2.69. The van der Waals surface area contributed by atoms with E-state index in [1.165, 1.54) is 36.9 Å². The maximum Gasteiger partial charge on any atom is 0.148 e. The standard InChI is InChI=1S/C15H27N3/c1-5-12-13(17-18-14(12)16)10-6-8-11(9-7-10)15(2,3)4/h10-11H,5-9H2,1-4H3,(H3,16,17,18). The summed E-state index contributed by atoms with van der Waals surface area (Å²) in [5, 5.41) is 7.36. The zero-order chi connectivity index (χ0) is 13.3. The van der Waals surface area contributed by atoms with Gasteiger partial charge in [-0.1, -0.05) is 27.7 Å². The molecule has 1 heterocycles. The Morgan fingerprint density at radius 3 is 2.33 bits per heavy atom. The molecule has 2 rings (SSSR count). The summed E-state index contributed by atoms with van der Waals surface area (Å²) in [6.07, 6.45) is 6.19. The number of rotatable bonds is 2. The van der Waals surface area contributed by atoms with Crippen molar-refractivity contribution in [3.8, 4) is 0 Å². The molecule has 0 radical (unpaired) electrons. The van der Waals surface area contributed by atoms with Crippen LogP contribution in [0.1, 0.15) is 70.6 Å². The highest BCUT2D eigenvalue weighted by molar-refractivity contribution is 5.43. The third kappa shape index (κ3) is 2.55. The number of nitrogens with one attached hydrogen (secondary N) is 1. The fourth-order valence-corrected chi connectivity index (χ4v) is 3.35. The summed E-state index contributed by atoms with van der Waals surface area (Å²) >= 11 is 0. The van der Waals surface area contributed by atoms with Crippen LogP contribution in [0.3, 0.4) is 0 Å². The van der Waals surface area contributed by atoms with Crippen LogP contribution in [0.25, 0.3) is 0 Å². The lowest BCUT2D eigenvalue weighted by Crippen LogP contribution is -2.25. The largest absolute Gasteiger partial charge is 0.382 e. The lowest BCUT2D eigenvalue weighted by atomic mass is 9.69. The summed E-state index contributed by atoms with van der Waals surface area (Å²) in [6, 6.07) is 0. The topological polar surface area (TPSA) is 54.7 Å². The van der Waals surface area contributed by atoms with Gasteiger partial charge in [0, 0.05) is 17.2 Å². The molecule has 0 saturated heterocycles. The van der Waals surface area contributed by atoms with Gasteiger partial charge in [0.15, 0.2) is 0 Å². The van der Waals surface area contributed by atoms with Crippen LogP contribution in [-0.2, 0) is 6.42 Å². The van der Waals surface area contributed by atoms with Crippen molar-refractivity contribution < 1.29 is 0 Å². The number of hydrogen-bond donors (Lipinski definition) is 2. The van der Waals surface area contributed by atoms with E-state index in [4.69, 9.17) is 5.73 Å². The first-order valence-corrected chi connectivity index (χ1v) is 7.26. The molecule has 0 bridgehead atoms. The van der Waals surface area contributed by atoms with Crippen molar-refractivity contribution in [1.29, 1.82) is 0 Å². The van der Waals surface area contributed by atoms with E-state index in [1.807, 2.05) is 0 Å². The second kappa shape index (κ2) is 4.94. The minimum Gasteiger partial charge on any atom is -0.382 e. The molecule has 1 aromatic rings. The second-order valence-electron chi connectivity index (χ2n) is 6.77. The summed E-state index contributed by atoms with van der Waals surface area (Å²) in [5.41, 5.74) is 8.92. The number of nitrogens with zero attached hydrogens (tertiary/aromatic N) is 1. The zero-order valence-electron chi connectivity index (χ0n) is 12.2. The van der Waals surface area contributed by atoms with Crippen molar-refractivity contribution in [2.24, 2.45) is 11.3 Å². The fraction of sp³-hybridized carbons (Fsp3) is 0.800. The number of aromatic nitrogens is 2. The van der Waals surface area contributed by atoms with E-state index in [-0.39, 0.29) is 0 Å². The minimum atomic E-state index is 0.450. The lowest BCUT2D eigenvalue weighted by molar-refractivity contribution is 0.168. The van der Waals surface area contributed by atoms with Crippen molar-refractivity contribution >= 4 is 5.82 Å². The quantitative estimate of drug-likeness (QED) is 0.836. The highest BCUT2D eigenvalue weighted by atomic mass is 15.2. The van der Waals surface area contributed by atoms with Crippen molar-refractivity contribution in [2.45, 2.75) is 65.7 Å². The van der Waals surface area contributed by atoms with Crippen LogP contribution >= 0.6 is 0 Å². The van der Waals surface area contributed by atoms with Gasteiger partial charge in [0.05, 0.1) is 0 Å². The van der Waals surface area contributed by atoms with Crippen LogP contribution in [0.15, 0.2) is 0 Å². The predicted molar refractivity (Wildman–Crippen MR) is 76.5 cm³/mol. The third-order valence-electron chi connectivity index (χ3n) is 4.64. The van der Waals surface area contributed by atoms with Gasteiger partial charge >= 0.3 is 0 Å². The maximum absolute atomic E-state index is 5.91. The third-order valence-corrected chi connectivity index (χ3v) is 4.64. The number of aromatic amines is 1. The first-order chi connectivity index (χ1) is 8.43. The fourth-order valence-electron chi connectivity index (χ4n) is 3.35. The highest BCUT2D eigenvalue weighted by Gasteiger charge is 2.31. The van der Waals surface area contributed by atoms with Crippen LogP contribution in [0.2, 0.25) is 0 Å². The molecule has 0 aromatic carbocycles. The molecule has 3 nitrogen and oxygen atoms in total. The van der Waals surface area contributed by atoms with E-state index in [2.05, 4.69) is 37.9 Å². The van der Waals surface area contributed by atoms with Gasteiger partial charge in [-0.05, 0) is 43.4 Å². The monoisotopic (exact) mass is 249 g/mol. The maximum atomic E-state index is 5.91. The van der Waals surface area contributed by atoms with Crippen LogP contribution in [0.4, 0.5) is 5.82 Å². The summed E-state index contributed by atoms with van der Waals surface area (Å²) < 4.78 is 0. The van der Waals surface area contributed by atoms with Crippen LogP contribution < -0.4 is 5.73 Å². The molecule has 3 N–H and O–H groups in total. The number of nitrogens with two attached hydrogens (primary N) is 1. The highest BCUT2D eigenvalue weighted by Crippen LogP contribution is 2.43. The van der Waals surface area contributed by atoms with Gasteiger partial charge in [0.2, 0.25) is 0 Å². The Balaban J connectivity index is 2.06. The molecule has 0 atom stereocenters. The molecule has 1 fully saturated rings. The Morgan fingerprint density at radius 2 is 1.83 bits per heavy atom. The molecule has 0 aliphatic heterocycles. The van der Waals surface area contributed by atoms with E-state index in [1.54, 1.807) is 0 Å². The summed E-state index contributed by atoms with van der Waals surface area (Å²) in [7, 11) is 0. The van der Waals surface area contributed by atoms with Crippen molar-refractivity contribution in [3.63, 3.8) is 0 Å². The molecule has 1 aliphatic rings. The van der Waals surface area contributed by atoms with Gasteiger partial charge in [-0.3, -0.25) is 5.10 Å². The molecule has 3 heteroatoms. The van der Waals surface area contributed by atoms with Crippen molar-refractivity contribution in [3.05, 3.63) is 11.3 Å². The first-order valence-electron chi connectivity index (χ1n) is 7.26. The van der Waals surface area contributed by atoms with Gasteiger partial charge in [-0.2, -0.15) is 5.10 Å². The summed E-state index contributed by atoms with van der Waals surface area (Å²) in [4.78, 5) is 0. The van der Waals surface area contributed by atoms with Gasteiger partial charge in [0.1, 0.15) is 5.82 Å². The molecule has 1 saturated carbocycles. The van der Waals surface area contributed by atoms with Crippen LogP contribution in [0.5, 0.6) is 0 Å². The van der Waals surface area contributed by atoms with Gasteiger partial charge in [0.25, 0.3) is 0 Å². The van der Waals surface area contributed by atoms with Gasteiger partial charge < -0.3 is 5.73 Å². The Morgan fingerprint density at radius 1 is 1.22 bits per heavy atom. The molecule has 102 valence electrons. The molecular formula is C15H27N3. The molecular weight excluding hydrogens is 222 g/mol. The minimum absolute atomic E-state index is 0.450. The Bertz CT molecular complexity index is 392. The molecule has 0 unspecified atom stereocenters. The van der Waals surface area contributed by atoms with Crippen LogP contribution in [0, 0.1) is 11.3 Å². The van der Waals surface area contributed by atoms with E-state index < -0.39 is 0 Å². The lowest BCUT2D eigenvalue weighted by Gasteiger charge is -2.36. The Kier molecular flexibility index (Phi) is 3.69. The Labute approximate surface area is 111 Å². The SMILES string of the molecule is CCc1c(N)n[nH]c1C1CCC(C(C)(C)C)CC1. The summed E-state index contributed by atoms with van der Waals surface area (Å²) in [5.74, 6) is 2.20.